The van der Waals surface area contributed by atoms with Gasteiger partial charge in [0.1, 0.15) is 11.6 Å². The second-order valence-electron chi connectivity index (χ2n) is 22.8. The summed E-state index contributed by atoms with van der Waals surface area (Å²) >= 11 is 0. The third-order valence-electron chi connectivity index (χ3n) is 13.5. The lowest BCUT2D eigenvalue weighted by molar-refractivity contribution is 0.446. The first-order valence-electron chi connectivity index (χ1n) is 29.1. The Hall–Kier alpha value is -6.26. The molecule has 2 aromatic heterocycles. The van der Waals surface area contributed by atoms with Crippen molar-refractivity contribution in [1.29, 1.82) is 0 Å². The fraction of sp³-hybridized carbons (Fsp3) is 0.354. The molecule has 0 saturated carbocycles. The smallest absolute Gasteiger partial charge is 0.149 e. The summed E-state index contributed by atoms with van der Waals surface area (Å²) in [4.78, 5) is 10.3. The van der Waals surface area contributed by atoms with E-state index < -0.39 is 43.0 Å². The van der Waals surface area contributed by atoms with Gasteiger partial charge in [0, 0.05) is 36.6 Å². The molecule has 0 amide bonds. The SMILES string of the molecule is [2H]C([2H])([2H])c1cc(-c2cc(C(C)C)cc(C([2H])(C)C)c2)ccc1-n1c(-c2cc(C(C)(C)C)cc(C(C)(C([2H])([2H])[2H])C([2H])([2H])[2H])c2O)nc2c(-c3cc(-c4cc(-c5ccc(C(C)(C)C)cc5)ccn4)cc(C(C)(C)C)c3)cccc21. The molecule has 356 valence electrons. The lowest BCUT2D eigenvalue weighted by atomic mass is 9.79. The van der Waals surface area contributed by atoms with Gasteiger partial charge in [0.25, 0.3) is 0 Å². The van der Waals surface area contributed by atoms with Crippen LogP contribution in [0.15, 0.2) is 128 Å². The van der Waals surface area contributed by atoms with E-state index >= 15 is 0 Å². The second-order valence-corrected chi connectivity index (χ2v) is 22.8. The fourth-order valence-corrected chi connectivity index (χ4v) is 9.02. The van der Waals surface area contributed by atoms with Gasteiger partial charge in [-0.05, 0) is 150 Å². The highest BCUT2D eigenvalue weighted by Gasteiger charge is 2.29. The van der Waals surface area contributed by atoms with Crippen LogP contribution in [0, 0.1) is 6.85 Å². The summed E-state index contributed by atoms with van der Waals surface area (Å²) in [6.07, 6.45) is 1.82. The second kappa shape index (κ2) is 17.9. The van der Waals surface area contributed by atoms with E-state index in [9.17, 15) is 9.22 Å². The van der Waals surface area contributed by atoms with Crippen molar-refractivity contribution in [3.63, 3.8) is 0 Å². The summed E-state index contributed by atoms with van der Waals surface area (Å²) in [5.41, 5.74) is 8.31. The summed E-state index contributed by atoms with van der Waals surface area (Å²) in [5, 5.41) is 12.8. The third kappa shape index (κ3) is 9.96. The normalized spacial score (nSPS) is 15.6. The van der Waals surface area contributed by atoms with Crippen molar-refractivity contribution in [2.75, 3.05) is 0 Å². The Balaban J connectivity index is 1.47. The Morgan fingerprint density at radius 2 is 1.19 bits per heavy atom. The average molecular weight is 924 g/mol. The van der Waals surface area contributed by atoms with E-state index in [0.29, 0.717) is 27.7 Å². The van der Waals surface area contributed by atoms with E-state index in [4.69, 9.17) is 19.6 Å². The number of hydrogen-bond donors (Lipinski definition) is 1. The molecule has 0 aliphatic heterocycles. The van der Waals surface area contributed by atoms with Gasteiger partial charge in [0.2, 0.25) is 0 Å². The molecule has 2 heterocycles. The van der Waals surface area contributed by atoms with Crippen LogP contribution in [0.3, 0.4) is 0 Å². The van der Waals surface area contributed by atoms with Crippen LogP contribution in [0.4, 0.5) is 0 Å². The molecule has 0 spiro atoms. The minimum Gasteiger partial charge on any atom is -0.507 e. The number of hydrogen-bond acceptors (Lipinski definition) is 3. The third-order valence-corrected chi connectivity index (χ3v) is 13.5. The van der Waals surface area contributed by atoms with Crippen LogP contribution < -0.4 is 0 Å². The molecule has 0 unspecified atom stereocenters. The van der Waals surface area contributed by atoms with Crippen molar-refractivity contribution >= 4 is 11.0 Å². The lowest BCUT2D eigenvalue weighted by Gasteiger charge is -2.27. The zero-order valence-electron chi connectivity index (χ0n) is 53.0. The van der Waals surface area contributed by atoms with E-state index in [0.717, 1.165) is 57.1 Å². The maximum Gasteiger partial charge on any atom is 0.149 e. The minimum absolute atomic E-state index is 0.0000854. The van der Waals surface area contributed by atoms with Crippen LogP contribution in [0.5, 0.6) is 5.75 Å². The van der Waals surface area contributed by atoms with E-state index in [1.165, 1.54) is 11.6 Å². The van der Waals surface area contributed by atoms with Crippen molar-refractivity contribution in [1.82, 2.24) is 14.5 Å². The van der Waals surface area contributed by atoms with Gasteiger partial charge in [-0.3, -0.25) is 9.55 Å². The van der Waals surface area contributed by atoms with Gasteiger partial charge >= 0.3 is 0 Å². The Kier molecular flexibility index (Phi) is 9.77. The Bertz CT molecular complexity index is 3590. The molecule has 0 aliphatic rings. The number of imidazole rings is 1. The number of para-hydroxylation sites is 1. The molecule has 4 heteroatoms. The molecule has 4 nitrogen and oxygen atoms in total. The van der Waals surface area contributed by atoms with Crippen molar-refractivity contribution in [2.24, 2.45) is 0 Å². The standard InChI is InChI=1S/C65H75N3O/c1-39(2)45-30-46(40(3)4)32-47(31-45)43-23-26-57(41(5)29-43)68-58-20-18-19-53(59(58)67-61(68)54-37-52(64(12,13)14)38-55(60(54)69)65(15,16)17)48-33-49(35-51(34-48)63(9,10)11)56-36-44(27-28-66-56)42-21-24-50(25-22-42)62(6,7)8/h18-40,69H,1-17H3/i5D3,15D3,16D3,39D. The van der Waals surface area contributed by atoms with Gasteiger partial charge in [0.05, 0.1) is 28.0 Å². The number of aryl methyl sites for hydroxylation is 1. The Morgan fingerprint density at radius 1 is 0.551 bits per heavy atom. The van der Waals surface area contributed by atoms with Crippen LogP contribution in [-0.4, -0.2) is 19.6 Å². The topological polar surface area (TPSA) is 50.9 Å². The largest absolute Gasteiger partial charge is 0.507 e. The quantitative estimate of drug-likeness (QED) is 0.165. The minimum atomic E-state index is -3.12. The van der Waals surface area contributed by atoms with Crippen LogP contribution >= 0.6 is 0 Å². The first kappa shape index (κ1) is 37.6. The van der Waals surface area contributed by atoms with E-state index in [1.54, 1.807) is 22.8 Å². The van der Waals surface area contributed by atoms with Crippen LogP contribution in [-0.2, 0) is 21.7 Å². The highest BCUT2D eigenvalue weighted by molar-refractivity contribution is 5.97. The van der Waals surface area contributed by atoms with E-state index in [-0.39, 0.29) is 45.0 Å². The molecule has 8 rings (SSSR count). The highest BCUT2D eigenvalue weighted by atomic mass is 16.3. The number of benzene rings is 6. The number of fused-ring (bicyclic) bond motifs is 1. The lowest BCUT2D eigenvalue weighted by Crippen LogP contribution is -2.17. The maximum absolute atomic E-state index is 12.8. The number of aromatic nitrogens is 3. The number of phenols is 1. The predicted octanol–water partition coefficient (Wildman–Crippen LogP) is 18.2. The number of aromatic hydroxyl groups is 1. The molecule has 0 saturated heterocycles. The van der Waals surface area contributed by atoms with Crippen molar-refractivity contribution in [3.05, 3.63) is 166 Å². The monoisotopic (exact) mass is 924 g/mol. The molecule has 1 N–H and O–H groups in total. The molecule has 0 fully saturated rings. The summed E-state index contributed by atoms with van der Waals surface area (Å²) in [6, 6.07) is 39.1. The number of nitrogens with zero attached hydrogens (tertiary/aromatic N) is 3. The van der Waals surface area contributed by atoms with Gasteiger partial charge < -0.3 is 5.11 Å². The van der Waals surface area contributed by atoms with Gasteiger partial charge in [-0.2, -0.15) is 0 Å². The van der Waals surface area contributed by atoms with Crippen LogP contribution in [0.2, 0.25) is 0 Å². The molecule has 6 aromatic carbocycles. The zero-order chi connectivity index (χ0) is 58.5. The van der Waals surface area contributed by atoms with Crippen molar-refractivity contribution < 1.29 is 18.8 Å². The highest BCUT2D eigenvalue weighted by Crippen LogP contribution is 2.46. The van der Waals surface area contributed by atoms with Crippen molar-refractivity contribution in [3.8, 4) is 67.5 Å². The van der Waals surface area contributed by atoms with Crippen molar-refractivity contribution in [2.45, 2.75) is 151 Å². The summed E-state index contributed by atoms with van der Waals surface area (Å²) in [6.45, 7) is 18.7. The first-order chi connectivity index (χ1) is 36.2. The molecule has 0 atom stereocenters. The Morgan fingerprint density at radius 3 is 1.83 bits per heavy atom. The fourth-order valence-electron chi connectivity index (χ4n) is 9.02. The van der Waals surface area contributed by atoms with Crippen LogP contribution in [0.25, 0.3) is 72.7 Å². The van der Waals surface area contributed by atoms with Gasteiger partial charge in [-0.25, -0.2) is 4.98 Å². The van der Waals surface area contributed by atoms with Gasteiger partial charge in [0.15, 0.2) is 0 Å². The molecular weight excluding hydrogens is 839 g/mol. The summed E-state index contributed by atoms with van der Waals surface area (Å²) in [7, 11) is 0. The number of phenolic OH excluding ortho intramolecular Hbond substituents is 1. The summed E-state index contributed by atoms with van der Waals surface area (Å²) < 4.78 is 90.6. The van der Waals surface area contributed by atoms with Crippen LogP contribution in [0.1, 0.15) is 175 Å². The maximum atomic E-state index is 12.8. The van der Waals surface area contributed by atoms with Gasteiger partial charge in [-0.15, -0.1) is 0 Å². The molecular formula is C65H75N3O. The predicted molar refractivity (Wildman–Crippen MR) is 295 cm³/mol. The summed E-state index contributed by atoms with van der Waals surface area (Å²) in [5.74, 6) is -1.35. The van der Waals surface area contributed by atoms with E-state index in [2.05, 4.69) is 104 Å². The van der Waals surface area contributed by atoms with E-state index in [1.807, 2.05) is 89.3 Å². The molecule has 0 radical (unpaired) electrons. The first-order valence-corrected chi connectivity index (χ1v) is 24.1. The number of rotatable bonds is 8. The molecule has 0 bridgehead atoms. The average Bonchev–Trinajstić information content (AvgIpc) is 3.65. The number of pyridine rings is 1. The Labute approximate surface area is 428 Å². The molecule has 69 heavy (non-hydrogen) atoms. The molecule has 8 aromatic rings. The molecule has 0 aliphatic carbocycles. The zero-order valence-corrected chi connectivity index (χ0v) is 43.0. The van der Waals surface area contributed by atoms with Gasteiger partial charge in [-0.1, -0.05) is 183 Å².